The number of rotatable bonds is 4. The highest BCUT2D eigenvalue weighted by Gasteiger charge is 2.10. The lowest BCUT2D eigenvalue weighted by molar-refractivity contribution is 0.0949. The third-order valence-corrected chi connectivity index (χ3v) is 3.58. The molecule has 100 valence electrons. The van der Waals surface area contributed by atoms with E-state index in [9.17, 15) is 4.79 Å². The van der Waals surface area contributed by atoms with Crippen molar-refractivity contribution in [2.45, 2.75) is 26.9 Å². The second-order valence-electron chi connectivity index (χ2n) is 4.28. The molecule has 0 atom stereocenters. The third kappa shape index (κ3) is 3.23. The van der Waals surface area contributed by atoms with E-state index in [-0.39, 0.29) is 5.91 Å². The van der Waals surface area contributed by atoms with Crippen LogP contribution < -0.4 is 5.32 Å². The molecule has 0 aliphatic rings. The van der Waals surface area contributed by atoms with E-state index in [0.29, 0.717) is 12.1 Å². The van der Waals surface area contributed by atoms with E-state index in [1.807, 2.05) is 49.0 Å². The molecule has 0 aliphatic carbocycles. The zero-order valence-corrected chi connectivity index (χ0v) is 12.6. The lowest BCUT2D eigenvalue weighted by atomic mass is 10.1. The molecule has 0 fully saturated rings. The van der Waals surface area contributed by atoms with Gasteiger partial charge in [-0.25, -0.2) is 0 Å². The van der Waals surface area contributed by atoms with Gasteiger partial charge in [-0.3, -0.25) is 9.48 Å². The topological polar surface area (TPSA) is 46.9 Å². The molecule has 0 saturated heterocycles. The quantitative estimate of drug-likeness (QED) is 0.941. The molecular weight excluding hydrogens is 306 g/mol. The summed E-state index contributed by atoms with van der Waals surface area (Å²) >= 11 is 3.44. The molecule has 0 saturated carbocycles. The lowest BCUT2D eigenvalue weighted by Gasteiger charge is -2.06. The molecular formula is C14H16BrN3O. The van der Waals surface area contributed by atoms with Gasteiger partial charge in [-0.2, -0.15) is 5.10 Å². The number of nitrogens with one attached hydrogen (secondary N) is 1. The van der Waals surface area contributed by atoms with E-state index in [2.05, 4.69) is 26.3 Å². The molecule has 0 unspecified atom stereocenters. The second kappa shape index (κ2) is 6.02. The zero-order chi connectivity index (χ0) is 13.8. The Labute approximate surface area is 120 Å². The van der Waals surface area contributed by atoms with E-state index >= 15 is 0 Å². The summed E-state index contributed by atoms with van der Waals surface area (Å²) in [6, 6.07) is 7.54. The summed E-state index contributed by atoms with van der Waals surface area (Å²) < 4.78 is 2.75. The van der Waals surface area contributed by atoms with Crippen LogP contribution in [0.3, 0.4) is 0 Å². The smallest absolute Gasteiger partial charge is 0.251 e. The van der Waals surface area contributed by atoms with Crippen LogP contribution in [0.5, 0.6) is 0 Å². The van der Waals surface area contributed by atoms with E-state index in [1.165, 1.54) is 0 Å². The van der Waals surface area contributed by atoms with E-state index < -0.39 is 0 Å². The van der Waals surface area contributed by atoms with Gasteiger partial charge in [0, 0.05) is 18.3 Å². The van der Waals surface area contributed by atoms with Crippen molar-refractivity contribution in [3.05, 3.63) is 51.8 Å². The summed E-state index contributed by atoms with van der Waals surface area (Å²) in [5, 5.41) is 7.26. The highest BCUT2D eigenvalue weighted by Crippen LogP contribution is 2.15. The van der Waals surface area contributed by atoms with Crippen LogP contribution in [0.15, 0.2) is 34.9 Å². The van der Waals surface area contributed by atoms with Crippen LogP contribution in [0.25, 0.3) is 0 Å². The van der Waals surface area contributed by atoms with E-state index in [0.717, 1.165) is 22.3 Å². The minimum atomic E-state index is -0.0731. The van der Waals surface area contributed by atoms with Crippen LogP contribution in [0.1, 0.15) is 28.5 Å². The molecule has 0 aliphatic heterocycles. The molecule has 2 rings (SSSR count). The number of aromatic nitrogens is 2. The molecule has 2 aromatic rings. The first-order valence-electron chi connectivity index (χ1n) is 6.17. The summed E-state index contributed by atoms with van der Waals surface area (Å²) in [6.07, 6.45) is 1.91. The van der Waals surface area contributed by atoms with Crippen LogP contribution >= 0.6 is 15.9 Å². The molecule has 1 amide bonds. The van der Waals surface area contributed by atoms with Gasteiger partial charge in [-0.15, -0.1) is 0 Å². The van der Waals surface area contributed by atoms with Crippen molar-refractivity contribution in [2.75, 3.05) is 0 Å². The van der Waals surface area contributed by atoms with Gasteiger partial charge in [-0.05, 0) is 41.4 Å². The van der Waals surface area contributed by atoms with Crippen LogP contribution in [0.2, 0.25) is 0 Å². The van der Waals surface area contributed by atoms with Crippen molar-refractivity contribution in [2.24, 2.45) is 0 Å². The van der Waals surface area contributed by atoms with Crippen LogP contribution in [0.4, 0.5) is 0 Å². The maximum atomic E-state index is 12.1. The zero-order valence-electron chi connectivity index (χ0n) is 11.0. The maximum absolute atomic E-state index is 12.1. The van der Waals surface area contributed by atoms with Gasteiger partial charge in [0.25, 0.3) is 5.91 Å². The summed E-state index contributed by atoms with van der Waals surface area (Å²) in [7, 11) is 0. The maximum Gasteiger partial charge on any atom is 0.251 e. The minimum Gasteiger partial charge on any atom is -0.346 e. The number of carbonyl (C=O) groups is 1. The van der Waals surface area contributed by atoms with Crippen molar-refractivity contribution in [3.63, 3.8) is 0 Å². The number of benzene rings is 1. The fourth-order valence-electron chi connectivity index (χ4n) is 1.81. The molecule has 5 heteroatoms. The van der Waals surface area contributed by atoms with Crippen LogP contribution in [0, 0.1) is 6.92 Å². The normalized spacial score (nSPS) is 10.5. The Morgan fingerprint density at radius 3 is 2.79 bits per heavy atom. The molecule has 19 heavy (non-hydrogen) atoms. The van der Waals surface area contributed by atoms with Gasteiger partial charge in [0.2, 0.25) is 0 Å². The van der Waals surface area contributed by atoms with Crippen molar-refractivity contribution >= 4 is 21.8 Å². The largest absolute Gasteiger partial charge is 0.346 e. The van der Waals surface area contributed by atoms with Crippen molar-refractivity contribution in [1.29, 1.82) is 0 Å². The molecule has 0 radical (unpaired) electrons. The number of carbonyl (C=O) groups excluding carboxylic acids is 1. The number of hydrogen-bond donors (Lipinski definition) is 1. The molecule has 1 heterocycles. The second-order valence-corrected chi connectivity index (χ2v) is 5.13. The number of halogens is 1. The van der Waals surface area contributed by atoms with Crippen molar-refractivity contribution in [1.82, 2.24) is 15.1 Å². The van der Waals surface area contributed by atoms with Crippen molar-refractivity contribution in [3.8, 4) is 0 Å². The SMILES string of the molecule is CCn1cc(Br)c(CNC(=O)c2ccccc2C)n1. The lowest BCUT2D eigenvalue weighted by Crippen LogP contribution is -2.24. The van der Waals surface area contributed by atoms with E-state index in [1.54, 1.807) is 0 Å². The molecule has 1 N–H and O–H groups in total. The molecule has 1 aromatic heterocycles. The van der Waals surface area contributed by atoms with Gasteiger partial charge >= 0.3 is 0 Å². The Bertz CT molecular complexity index is 592. The molecule has 0 spiro atoms. The third-order valence-electron chi connectivity index (χ3n) is 2.92. The average Bonchev–Trinajstić information content (AvgIpc) is 2.77. The predicted molar refractivity (Wildman–Crippen MR) is 78.0 cm³/mol. The van der Waals surface area contributed by atoms with Gasteiger partial charge < -0.3 is 5.32 Å². The standard InChI is InChI=1S/C14H16BrN3O/c1-3-18-9-12(15)13(17-18)8-16-14(19)11-7-5-4-6-10(11)2/h4-7,9H,3,8H2,1-2H3,(H,16,19). The number of nitrogens with zero attached hydrogens (tertiary/aromatic N) is 2. The number of hydrogen-bond acceptors (Lipinski definition) is 2. The predicted octanol–water partition coefficient (Wildman–Crippen LogP) is 2.90. The fourth-order valence-corrected chi connectivity index (χ4v) is 2.26. The summed E-state index contributed by atoms with van der Waals surface area (Å²) in [5.41, 5.74) is 2.51. The number of amides is 1. The minimum absolute atomic E-state index is 0.0731. The molecule has 4 nitrogen and oxygen atoms in total. The Balaban J connectivity index is 2.04. The fraction of sp³-hybridized carbons (Fsp3) is 0.286. The highest BCUT2D eigenvalue weighted by molar-refractivity contribution is 9.10. The monoisotopic (exact) mass is 321 g/mol. The molecule has 1 aromatic carbocycles. The Morgan fingerprint density at radius 2 is 2.16 bits per heavy atom. The first kappa shape index (κ1) is 13.8. The van der Waals surface area contributed by atoms with Gasteiger partial charge in [0.15, 0.2) is 0 Å². The number of aryl methyl sites for hydroxylation is 2. The Kier molecular flexibility index (Phi) is 4.37. The van der Waals surface area contributed by atoms with Crippen molar-refractivity contribution < 1.29 is 4.79 Å². The highest BCUT2D eigenvalue weighted by atomic mass is 79.9. The Hall–Kier alpha value is -1.62. The molecule has 0 bridgehead atoms. The summed E-state index contributed by atoms with van der Waals surface area (Å²) in [6.45, 7) is 5.18. The first-order chi connectivity index (χ1) is 9.11. The van der Waals surface area contributed by atoms with Crippen LogP contribution in [-0.4, -0.2) is 15.7 Å². The average molecular weight is 322 g/mol. The van der Waals surface area contributed by atoms with E-state index in [4.69, 9.17) is 0 Å². The Morgan fingerprint density at radius 1 is 1.42 bits per heavy atom. The van der Waals surface area contributed by atoms with Gasteiger partial charge in [0.05, 0.1) is 16.7 Å². The summed E-state index contributed by atoms with van der Waals surface area (Å²) in [5.74, 6) is -0.0731. The van der Waals surface area contributed by atoms with Gasteiger partial charge in [-0.1, -0.05) is 18.2 Å². The summed E-state index contributed by atoms with van der Waals surface area (Å²) in [4.78, 5) is 12.1. The van der Waals surface area contributed by atoms with Gasteiger partial charge in [0.1, 0.15) is 0 Å². The first-order valence-corrected chi connectivity index (χ1v) is 6.96. The van der Waals surface area contributed by atoms with Crippen LogP contribution in [-0.2, 0) is 13.1 Å².